The van der Waals surface area contributed by atoms with E-state index < -0.39 is 5.91 Å². The molecule has 0 aliphatic carbocycles. The largest absolute Gasteiger partial charge is 0.495 e. The van der Waals surface area contributed by atoms with Gasteiger partial charge in [-0.15, -0.1) is 0 Å². The van der Waals surface area contributed by atoms with Gasteiger partial charge in [0.15, 0.2) is 6.61 Å². The van der Waals surface area contributed by atoms with Crippen LogP contribution in [0.15, 0.2) is 40.9 Å². The van der Waals surface area contributed by atoms with Gasteiger partial charge in [-0.1, -0.05) is 27.5 Å². The van der Waals surface area contributed by atoms with Gasteiger partial charge in [-0.05, 0) is 36.4 Å². The molecule has 0 aromatic heterocycles. The molecule has 2 rings (SSSR count). The van der Waals surface area contributed by atoms with E-state index in [1.54, 1.807) is 36.4 Å². The molecule has 6 nitrogen and oxygen atoms in total. The fourth-order valence-corrected chi connectivity index (χ4v) is 2.74. The molecule has 2 amide bonds. The molecule has 0 saturated heterocycles. The highest BCUT2D eigenvalue weighted by molar-refractivity contribution is 9.10. The molecule has 0 spiro atoms. The van der Waals surface area contributed by atoms with E-state index >= 15 is 0 Å². The summed E-state index contributed by atoms with van der Waals surface area (Å²) in [5, 5.41) is 5.72. The molecule has 0 saturated carbocycles. The zero-order valence-electron chi connectivity index (χ0n) is 13.6. The van der Waals surface area contributed by atoms with Gasteiger partial charge in [0.2, 0.25) is 5.91 Å². The number of carbonyl (C=O) groups excluding carboxylic acids is 2. The number of anilines is 2. The highest BCUT2D eigenvalue weighted by Gasteiger charge is 2.11. The minimum absolute atomic E-state index is 0.212. The van der Waals surface area contributed by atoms with Crippen LogP contribution in [-0.2, 0) is 9.59 Å². The number of amides is 2. The Morgan fingerprint density at radius 2 is 1.84 bits per heavy atom. The van der Waals surface area contributed by atoms with Crippen LogP contribution in [0.25, 0.3) is 0 Å². The Bertz CT molecular complexity index is 798. The van der Waals surface area contributed by atoms with Gasteiger partial charge in [-0.2, -0.15) is 0 Å². The summed E-state index contributed by atoms with van der Waals surface area (Å²) < 4.78 is 11.4. The SMILES string of the molecule is COc1ccc(NC(C)=O)cc1NC(=O)COc1ccc(Br)cc1Cl. The number of hydrogen-bond donors (Lipinski definition) is 2. The minimum Gasteiger partial charge on any atom is -0.495 e. The van der Waals surface area contributed by atoms with Crippen LogP contribution in [0, 0.1) is 0 Å². The Hall–Kier alpha value is -2.25. The average Bonchev–Trinajstić information content (AvgIpc) is 2.54. The van der Waals surface area contributed by atoms with Crippen molar-refractivity contribution in [3.63, 3.8) is 0 Å². The Kier molecular flexibility index (Phi) is 6.66. The summed E-state index contributed by atoms with van der Waals surface area (Å²) >= 11 is 9.34. The fourth-order valence-electron chi connectivity index (χ4n) is 2.01. The molecule has 0 aliphatic heterocycles. The number of nitrogens with one attached hydrogen (secondary N) is 2. The van der Waals surface area contributed by atoms with Crippen LogP contribution in [0.2, 0.25) is 5.02 Å². The maximum atomic E-state index is 12.1. The third kappa shape index (κ3) is 5.65. The number of carbonyl (C=O) groups is 2. The minimum atomic E-state index is -0.391. The van der Waals surface area contributed by atoms with Gasteiger partial charge in [0.05, 0.1) is 17.8 Å². The highest BCUT2D eigenvalue weighted by atomic mass is 79.9. The molecular formula is C17H16BrClN2O4. The molecule has 0 fully saturated rings. The summed E-state index contributed by atoms with van der Waals surface area (Å²) in [5.41, 5.74) is 0.963. The second-order valence-electron chi connectivity index (χ2n) is 5.01. The van der Waals surface area contributed by atoms with Crippen molar-refractivity contribution in [1.29, 1.82) is 0 Å². The topological polar surface area (TPSA) is 76.7 Å². The van der Waals surface area contributed by atoms with E-state index in [1.165, 1.54) is 14.0 Å². The third-order valence-electron chi connectivity index (χ3n) is 3.05. The first-order chi connectivity index (χ1) is 11.9. The Morgan fingerprint density at radius 1 is 1.12 bits per heavy atom. The summed E-state index contributed by atoms with van der Waals surface area (Å²) in [6.45, 7) is 1.17. The van der Waals surface area contributed by atoms with Crippen molar-refractivity contribution < 1.29 is 19.1 Å². The van der Waals surface area contributed by atoms with E-state index in [2.05, 4.69) is 26.6 Å². The van der Waals surface area contributed by atoms with E-state index in [0.717, 1.165) is 4.47 Å². The first-order valence-corrected chi connectivity index (χ1v) is 8.39. The molecule has 2 N–H and O–H groups in total. The Morgan fingerprint density at radius 3 is 2.48 bits per heavy atom. The Labute approximate surface area is 158 Å². The van der Waals surface area contributed by atoms with E-state index in [-0.39, 0.29) is 12.5 Å². The lowest BCUT2D eigenvalue weighted by atomic mass is 10.2. The highest BCUT2D eigenvalue weighted by Crippen LogP contribution is 2.29. The standard InChI is InChI=1S/C17H16BrClN2O4/c1-10(22)20-12-4-6-16(24-2)14(8-12)21-17(23)9-25-15-5-3-11(18)7-13(15)19/h3-8H,9H2,1-2H3,(H,20,22)(H,21,23). The van der Waals surface area contributed by atoms with Gasteiger partial charge >= 0.3 is 0 Å². The molecule has 0 radical (unpaired) electrons. The molecule has 2 aromatic carbocycles. The molecule has 2 aromatic rings. The number of ether oxygens (including phenoxy) is 2. The Balaban J connectivity index is 2.04. The number of benzene rings is 2. The first kappa shape index (κ1) is 19.1. The summed E-state index contributed by atoms with van der Waals surface area (Å²) in [7, 11) is 1.49. The molecule has 0 aliphatic rings. The van der Waals surface area contributed by atoms with Gasteiger partial charge in [-0.25, -0.2) is 0 Å². The van der Waals surface area contributed by atoms with Gasteiger partial charge in [0.25, 0.3) is 5.91 Å². The molecule has 0 bridgehead atoms. The normalized spacial score (nSPS) is 10.1. The molecule has 0 atom stereocenters. The van der Waals surface area contributed by atoms with Crippen molar-refractivity contribution in [2.24, 2.45) is 0 Å². The van der Waals surface area contributed by atoms with Crippen molar-refractivity contribution in [3.8, 4) is 11.5 Å². The van der Waals surface area contributed by atoms with Crippen LogP contribution in [0.5, 0.6) is 11.5 Å². The summed E-state index contributed by atoms with van der Waals surface area (Å²) in [4.78, 5) is 23.3. The molecule has 8 heteroatoms. The predicted molar refractivity (Wildman–Crippen MR) is 101 cm³/mol. The maximum absolute atomic E-state index is 12.1. The van der Waals surface area contributed by atoms with E-state index in [1.807, 2.05) is 0 Å². The number of hydrogen-bond acceptors (Lipinski definition) is 4. The molecule has 132 valence electrons. The van der Waals surface area contributed by atoms with Crippen molar-refractivity contribution in [2.45, 2.75) is 6.92 Å². The zero-order valence-corrected chi connectivity index (χ0v) is 15.9. The number of rotatable bonds is 6. The lowest BCUT2D eigenvalue weighted by molar-refractivity contribution is -0.118. The van der Waals surface area contributed by atoms with Crippen LogP contribution in [0.4, 0.5) is 11.4 Å². The molecule has 0 heterocycles. The second-order valence-corrected chi connectivity index (χ2v) is 6.33. The van der Waals surface area contributed by atoms with E-state index in [4.69, 9.17) is 21.1 Å². The van der Waals surface area contributed by atoms with Gasteiger partial charge < -0.3 is 20.1 Å². The van der Waals surface area contributed by atoms with Gasteiger partial charge in [-0.3, -0.25) is 9.59 Å². The van der Waals surface area contributed by atoms with Crippen LogP contribution < -0.4 is 20.1 Å². The average molecular weight is 428 g/mol. The lowest BCUT2D eigenvalue weighted by Gasteiger charge is -2.13. The molecular weight excluding hydrogens is 412 g/mol. The van der Waals surface area contributed by atoms with Crippen molar-refractivity contribution in [1.82, 2.24) is 0 Å². The molecule has 0 unspecified atom stereocenters. The lowest BCUT2D eigenvalue weighted by Crippen LogP contribution is -2.20. The third-order valence-corrected chi connectivity index (χ3v) is 3.84. The van der Waals surface area contributed by atoms with Crippen molar-refractivity contribution in [3.05, 3.63) is 45.9 Å². The first-order valence-electron chi connectivity index (χ1n) is 7.22. The summed E-state index contributed by atoms with van der Waals surface area (Å²) in [6.07, 6.45) is 0. The molecule has 25 heavy (non-hydrogen) atoms. The fraction of sp³-hybridized carbons (Fsp3) is 0.176. The van der Waals surface area contributed by atoms with Crippen LogP contribution >= 0.6 is 27.5 Å². The number of halogens is 2. The predicted octanol–water partition coefficient (Wildman–Crippen LogP) is 4.09. The van der Waals surface area contributed by atoms with Crippen LogP contribution in [0.3, 0.4) is 0 Å². The maximum Gasteiger partial charge on any atom is 0.262 e. The van der Waals surface area contributed by atoms with E-state index in [9.17, 15) is 9.59 Å². The van der Waals surface area contributed by atoms with Crippen molar-refractivity contribution >= 4 is 50.7 Å². The number of methoxy groups -OCH3 is 1. The van der Waals surface area contributed by atoms with Crippen LogP contribution in [-0.4, -0.2) is 25.5 Å². The smallest absolute Gasteiger partial charge is 0.262 e. The monoisotopic (exact) mass is 426 g/mol. The van der Waals surface area contributed by atoms with Gasteiger partial charge in [0, 0.05) is 17.1 Å². The van der Waals surface area contributed by atoms with Crippen molar-refractivity contribution in [2.75, 3.05) is 24.4 Å². The summed E-state index contributed by atoms with van der Waals surface area (Å²) in [6, 6.07) is 10.0. The second kappa shape index (κ2) is 8.73. The summed E-state index contributed by atoms with van der Waals surface area (Å²) in [5.74, 6) is 0.260. The van der Waals surface area contributed by atoms with E-state index in [0.29, 0.717) is 27.9 Å². The quantitative estimate of drug-likeness (QED) is 0.728. The zero-order chi connectivity index (χ0) is 18.4. The van der Waals surface area contributed by atoms with Crippen LogP contribution in [0.1, 0.15) is 6.92 Å². The van der Waals surface area contributed by atoms with Gasteiger partial charge in [0.1, 0.15) is 11.5 Å².